The van der Waals surface area contributed by atoms with Gasteiger partial charge in [-0.2, -0.15) is 0 Å². The van der Waals surface area contributed by atoms with Crippen molar-refractivity contribution in [2.45, 2.75) is 13.8 Å². The number of carbonyl (C=O) groups excluding carboxylic acids is 2. The Bertz CT molecular complexity index is 605. The van der Waals surface area contributed by atoms with Crippen molar-refractivity contribution in [1.82, 2.24) is 4.98 Å². The van der Waals surface area contributed by atoms with E-state index in [9.17, 15) is 9.59 Å². The van der Waals surface area contributed by atoms with E-state index in [1.165, 1.54) is 18.3 Å². The number of nitrogens with one attached hydrogen (secondary N) is 2. The first-order valence-electron chi connectivity index (χ1n) is 5.66. The van der Waals surface area contributed by atoms with Gasteiger partial charge in [0.1, 0.15) is 0 Å². The van der Waals surface area contributed by atoms with Gasteiger partial charge in [0.25, 0.3) is 5.91 Å². The van der Waals surface area contributed by atoms with Crippen LogP contribution in [0.2, 0.25) is 0 Å². The van der Waals surface area contributed by atoms with Crippen molar-refractivity contribution >= 4 is 34.0 Å². The van der Waals surface area contributed by atoms with Crippen molar-refractivity contribution in [2.24, 2.45) is 0 Å². The Kier molecular flexibility index (Phi) is 3.91. The smallest absolute Gasteiger partial charge is 0.257 e. The van der Waals surface area contributed by atoms with Crippen molar-refractivity contribution in [3.63, 3.8) is 0 Å². The lowest BCUT2D eigenvalue weighted by Crippen LogP contribution is -2.12. The van der Waals surface area contributed by atoms with Gasteiger partial charge in [-0.15, -0.1) is 11.3 Å². The molecule has 2 amide bonds. The number of amides is 2. The zero-order valence-electron chi connectivity index (χ0n) is 10.6. The summed E-state index contributed by atoms with van der Waals surface area (Å²) in [7, 11) is 0. The maximum absolute atomic E-state index is 11.9. The highest BCUT2D eigenvalue weighted by molar-refractivity contribution is 7.13. The zero-order valence-corrected chi connectivity index (χ0v) is 11.4. The lowest BCUT2D eigenvalue weighted by Gasteiger charge is -2.04. The highest BCUT2D eigenvalue weighted by atomic mass is 32.1. The Balaban J connectivity index is 2.05. The lowest BCUT2D eigenvalue weighted by molar-refractivity contribution is -0.114. The van der Waals surface area contributed by atoms with E-state index in [0.717, 1.165) is 5.69 Å². The van der Waals surface area contributed by atoms with Crippen LogP contribution in [0, 0.1) is 6.92 Å². The van der Waals surface area contributed by atoms with Crippen LogP contribution in [0.3, 0.4) is 0 Å². The van der Waals surface area contributed by atoms with E-state index in [1.54, 1.807) is 24.3 Å². The minimum atomic E-state index is -0.219. The molecule has 2 N–H and O–H groups in total. The summed E-state index contributed by atoms with van der Waals surface area (Å²) in [5.74, 6) is -0.362. The van der Waals surface area contributed by atoms with Gasteiger partial charge >= 0.3 is 0 Å². The molecule has 0 saturated heterocycles. The Hall–Kier alpha value is -2.21. The normalized spacial score (nSPS) is 10.0. The Labute approximate surface area is 114 Å². The molecule has 2 rings (SSSR count). The van der Waals surface area contributed by atoms with Gasteiger partial charge < -0.3 is 5.32 Å². The first-order valence-corrected chi connectivity index (χ1v) is 6.53. The van der Waals surface area contributed by atoms with Crippen molar-refractivity contribution in [2.75, 3.05) is 10.6 Å². The van der Waals surface area contributed by atoms with Crippen molar-refractivity contribution in [3.8, 4) is 0 Å². The van der Waals surface area contributed by atoms with Crippen LogP contribution in [0.25, 0.3) is 0 Å². The predicted molar refractivity (Wildman–Crippen MR) is 75.5 cm³/mol. The van der Waals surface area contributed by atoms with Crippen LogP contribution >= 0.6 is 11.3 Å². The Morgan fingerprint density at radius 1 is 1.16 bits per heavy atom. The predicted octanol–water partition coefficient (Wildman–Crippen LogP) is 2.66. The molecule has 1 aromatic carbocycles. The van der Waals surface area contributed by atoms with E-state index in [1.807, 2.05) is 12.3 Å². The van der Waals surface area contributed by atoms with Crippen LogP contribution < -0.4 is 10.6 Å². The zero-order chi connectivity index (χ0) is 13.8. The molecule has 98 valence electrons. The highest BCUT2D eigenvalue weighted by Gasteiger charge is 2.08. The molecule has 0 radical (unpaired) electrons. The summed E-state index contributed by atoms with van der Waals surface area (Å²) in [5.41, 5.74) is 2.05. The molecular formula is C13H13N3O2S. The van der Waals surface area contributed by atoms with Crippen LogP contribution in [0.4, 0.5) is 10.8 Å². The second-order valence-electron chi connectivity index (χ2n) is 4.01. The van der Waals surface area contributed by atoms with E-state index in [-0.39, 0.29) is 11.8 Å². The van der Waals surface area contributed by atoms with Gasteiger partial charge in [-0.3, -0.25) is 14.9 Å². The largest absolute Gasteiger partial charge is 0.326 e. The number of aromatic nitrogens is 1. The van der Waals surface area contributed by atoms with Gasteiger partial charge in [-0.25, -0.2) is 4.98 Å². The van der Waals surface area contributed by atoms with Gasteiger partial charge in [-0.1, -0.05) is 0 Å². The molecular weight excluding hydrogens is 262 g/mol. The molecule has 1 heterocycles. The highest BCUT2D eigenvalue weighted by Crippen LogP contribution is 2.16. The summed E-state index contributed by atoms with van der Waals surface area (Å²) >= 11 is 1.38. The standard InChI is InChI=1S/C13H13N3O2S/c1-8-7-19-13(14-8)16-12(18)10-3-5-11(6-4-10)15-9(2)17/h3-7H,1-2H3,(H,15,17)(H,14,16,18). The maximum Gasteiger partial charge on any atom is 0.257 e. The number of carbonyl (C=O) groups is 2. The molecule has 0 spiro atoms. The molecule has 0 aliphatic rings. The third-order valence-electron chi connectivity index (χ3n) is 2.31. The lowest BCUT2D eigenvalue weighted by atomic mass is 10.2. The van der Waals surface area contributed by atoms with Gasteiger partial charge in [0, 0.05) is 23.6 Å². The van der Waals surface area contributed by atoms with Crippen LogP contribution in [-0.4, -0.2) is 16.8 Å². The van der Waals surface area contributed by atoms with E-state index in [4.69, 9.17) is 0 Å². The summed E-state index contributed by atoms with van der Waals surface area (Å²) < 4.78 is 0. The first kappa shape index (κ1) is 13.2. The average Bonchev–Trinajstić information content (AvgIpc) is 2.75. The molecule has 0 atom stereocenters. The quantitative estimate of drug-likeness (QED) is 0.904. The Morgan fingerprint density at radius 3 is 2.37 bits per heavy atom. The number of aryl methyl sites for hydroxylation is 1. The number of hydrogen-bond acceptors (Lipinski definition) is 4. The fraction of sp³-hybridized carbons (Fsp3) is 0.154. The fourth-order valence-corrected chi connectivity index (χ4v) is 2.17. The van der Waals surface area contributed by atoms with Crippen LogP contribution in [0.5, 0.6) is 0 Å². The van der Waals surface area contributed by atoms with Gasteiger partial charge in [0.15, 0.2) is 5.13 Å². The number of nitrogens with zero attached hydrogens (tertiary/aromatic N) is 1. The summed E-state index contributed by atoms with van der Waals surface area (Å²) in [5, 5.41) is 7.81. The van der Waals surface area contributed by atoms with Crippen molar-refractivity contribution in [3.05, 3.63) is 40.9 Å². The molecule has 1 aromatic heterocycles. The number of hydrogen-bond donors (Lipinski definition) is 2. The molecule has 2 aromatic rings. The maximum atomic E-state index is 11.9. The summed E-state index contributed by atoms with van der Waals surface area (Å²) in [6, 6.07) is 6.68. The molecule has 19 heavy (non-hydrogen) atoms. The van der Waals surface area contributed by atoms with E-state index in [2.05, 4.69) is 15.6 Å². The minimum absolute atomic E-state index is 0.143. The topological polar surface area (TPSA) is 71.1 Å². The second-order valence-corrected chi connectivity index (χ2v) is 4.86. The third kappa shape index (κ3) is 3.62. The molecule has 0 fully saturated rings. The van der Waals surface area contributed by atoms with E-state index >= 15 is 0 Å². The van der Waals surface area contributed by atoms with Gasteiger partial charge in [-0.05, 0) is 31.2 Å². The third-order valence-corrected chi connectivity index (χ3v) is 3.18. The summed E-state index contributed by atoms with van der Waals surface area (Å²) in [6.45, 7) is 3.31. The molecule has 0 saturated carbocycles. The SMILES string of the molecule is CC(=O)Nc1ccc(C(=O)Nc2nc(C)cs2)cc1. The average molecular weight is 275 g/mol. The molecule has 0 bridgehead atoms. The molecule has 0 aliphatic heterocycles. The van der Waals surface area contributed by atoms with E-state index < -0.39 is 0 Å². The molecule has 5 nitrogen and oxygen atoms in total. The van der Waals surface area contributed by atoms with E-state index in [0.29, 0.717) is 16.4 Å². The molecule has 6 heteroatoms. The molecule has 0 aliphatic carbocycles. The fourth-order valence-electron chi connectivity index (χ4n) is 1.49. The number of benzene rings is 1. The van der Waals surface area contributed by atoms with Crippen molar-refractivity contribution < 1.29 is 9.59 Å². The van der Waals surface area contributed by atoms with Gasteiger partial charge in [0.2, 0.25) is 5.91 Å². The van der Waals surface area contributed by atoms with Crippen LogP contribution in [-0.2, 0) is 4.79 Å². The monoisotopic (exact) mass is 275 g/mol. The number of anilines is 2. The molecule has 0 unspecified atom stereocenters. The summed E-state index contributed by atoms with van der Waals surface area (Å²) in [4.78, 5) is 27.0. The van der Waals surface area contributed by atoms with Crippen molar-refractivity contribution in [1.29, 1.82) is 0 Å². The van der Waals surface area contributed by atoms with Gasteiger partial charge in [0.05, 0.1) is 5.69 Å². The number of rotatable bonds is 3. The minimum Gasteiger partial charge on any atom is -0.326 e. The Morgan fingerprint density at radius 2 is 1.84 bits per heavy atom. The van der Waals surface area contributed by atoms with Crippen LogP contribution in [0.15, 0.2) is 29.6 Å². The number of thiazole rings is 1. The second kappa shape index (κ2) is 5.62. The first-order chi connectivity index (χ1) is 9.04. The van der Waals surface area contributed by atoms with Crippen LogP contribution in [0.1, 0.15) is 23.0 Å². The summed E-state index contributed by atoms with van der Waals surface area (Å²) in [6.07, 6.45) is 0.